The van der Waals surface area contributed by atoms with Gasteiger partial charge in [-0.25, -0.2) is 8.78 Å². The minimum atomic E-state index is -2.24. The molecule has 16 heavy (non-hydrogen) atoms. The van der Waals surface area contributed by atoms with E-state index in [0.717, 1.165) is 25.7 Å². The van der Waals surface area contributed by atoms with Crippen LogP contribution in [0.25, 0.3) is 0 Å². The molecule has 0 aromatic heterocycles. The van der Waals surface area contributed by atoms with Gasteiger partial charge in [0.05, 0.1) is 6.54 Å². The molecule has 1 aliphatic rings. The third-order valence-corrected chi connectivity index (χ3v) is 3.20. The van der Waals surface area contributed by atoms with Crippen LogP contribution in [0.1, 0.15) is 24.0 Å². The standard InChI is InChI=1S/C13H17F2N/c14-13(15)9-16-12-7-5-10-3-1-2-4-11(10)6-8-12/h1-4,12-13,16H,5-9H2. The van der Waals surface area contributed by atoms with Crippen LogP contribution in [0.5, 0.6) is 0 Å². The minimum absolute atomic E-state index is 0.180. The quantitative estimate of drug-likeness (QED) is 0.780. The maximum absolute atomic E-state index is 12.1. The van der Waals surface area contributed by atoms with Crippen molar-refractivity contribution < 1.29 is 8.78 Å². The van der Waals surface area contributed by atoms with Gasteiger partial charge in [-0.1, -0.05) is 24.3 Å². The molecule has 3 heteroatoms. The molecule has 0 bridgehead atoms. The van der Waals surface area contributed by atoms with Gasteiger partial charge in [-0.3, -0.25) is 0 Å². The third-order valence-electron chi connectivity index (χ3n) is 3.20. The molecule has 1 N–H and O–H groups in total. The van der Waals surface area contributed by atoms with Crippen LogP contribution in [-0.2, 0) is 12.8 Å². The highest BCUT2D eigenvalue weighted by Gasteiger charge is 2.16. The molecule has 1 nitrogen and oxygen atoms in total. The van der Waals surface area contributed by atoms with Gasteiger partial charge in [0, 0.05) is 6.04 Å². The van der Waals surface area contributed by atoms with Crippen molar-refractivity contribution in [3.63, 3.8) is 0 Å². The Hall–Kier alpha value is -0.960. The molecule has 0 spiro atoms. The van der Waals surface area contributed by atoms with Crippen LogP contribution in [0.2, 0.25) is 0 Å². The van der Waals surface area contributed by atoms with E-state index in [2.05, 4.69) is 17.4 Å². The van der Waals surface area contributed by atoms with E-state index in [0.29, 0.717) is 0 Å². The highest BCUT2D eigenvalue weighted by molar-refractivity contribution is 5.28. The molecule has 0 atom stereocenters. The summed E-state index contributed by atoms with van der Waals surface area (Å²) in [7, 11) is 0. The normalized spacial score (nSPS) is 17.2. The molecule has 2 rings (SSSR count). The summed E-state index contributed by atoms with van der Waals surface area (Å²) in [4.78, 5) is 0. The van der Waals surface area contributed by atoms with Crippen molar-refractivity contribution >= 4 is 0 Å². The second-order valence-corrected chi connectivity index (χ2v) is 4.34. The van der Waals surface area contributed by atoms with E-state index in [1.807, 2.05) is 12.1 Å². The predicted molar refractivity (Wildman–Crippen MR) is 60.9 cm³/mol. The number of alkyl halides is 2. The summed E-state index contributed by atoms with van der Waals surface area (Å²) in [5.41, 5.74) is 2.76. The van der Waals surface area contributed by atoms with Crippen LogP contribution >= 0.6 is 0 Å². The Morgan fingerprint density at radius 1 is 1.12 bits per heavy atom. The first kappa shape index (κ1) is 11.5. The van der Waals surface area contributed by atoms with Crippen molar-refractivity contribution in [1.82, 2.24) is 5.32 Å². The van der Waals surface area contributed by atoms with E-state index in [-0.39, 0.29) is 12.6 Å². The fraction of sp³-hybridized carbons (Fsp3) is 0.538. The summed E-state index contributed by atoms with van der Waals surface area (Å²) >= 11 is 0. The SMILES string of the molecule is FC(F)CNC1CCc2ccccc2CC1. The highest BCUT2D eigenvalue weighted by atomic mass is 19.3. The molecule has 88 valence electrons. The molecule has 0 heterocycles. The van der Waals surface area contributed by atoms with E-state index < -0.39 is 6.43 Å². The Morgan fingerprint density at radius 3 is 2.19 bits per heavy atom. The van der Waals surface area contributed by atoms with Gasteiger partial charge < -0.3 is 5.32 Å². The number of rotatable bonds is 3. The average molecular weight is 225 g/mol. The van der Waals surface area contributed by atoms with Crippen molar-refractivity contribution in [1.29, 1.82) is 0 Å². The Kier molecular flexibility index (Phi) is 3.88. The largest absolute Gasteiger partial charge is 0.309 e. The van der Waals surface area contributed by atoms with Gasteiger partial charge in [0.15, 0.2) is 0 Å². The van der Waals surface area contributed by atoms with Crippen LogP contribution in [0.15, 0.2) is 24.3 Å². The van der Waals surface area contributed by atoms with Crippen LogP contribution in [-0.4, -0.2) is 19.0 Å². The smallest absolute Gasteiger partial charge is 0.250 e. The first-order valence-electron chi connectivity index (χ1n) is 5.84. The molecule has 0 saturated carbocycles. The van der Waals surface area contributed by atoms with Crippen molar-refractivity contribution in [2.75, 3.05) is 6.54 Å². The number of nitrogens with one attached hydrogen (secondary N) is 1. The number of fused-ring (bicyclic) bond motifs is 1. The summed E-state index contributed by atoms with van der Waals surface area (Å²) < 4.78 is 24.2. The van der Waals surface area contributed by atoms with Gasteiger partial charge >= 0.3 is 0 Å². The van der Waals surface area contributed by atoms with Gasteiger partial charge in [-0.05, 0) is 36.8 Å². The van der Waals surface area contributed by atoms with E-state index in [1.165, 1.54) is 11.1 Å². The highest BCUT2D eigenvalue weighted by Crippen LogP contribution is 2.20. The molecule has 0 saturated heterocycles. The lowest BCUT2D eigenvalue weighted by Gasteiger charge is -2.15. The monoisotopic (exact) mass is 225 g/mol. The van der Waals surface area contributed by atoms with E-state index in [4.69, 9.17) is 0 Å². The fourth-order valence-electron chi connectivity index (χ4n) is 2.31. The maximum atomic E-state index is 12.1. The van der Waals surface area contributed by atoms with Crippen molar-refractivity contribution in [2.24, 2.45) is 0 Å². The summed E-state index contributed by atoms with van der Waals surface area (Å²) in [6.07, 6.45) is 1.67. The van der Waals surface area contributed by atoms with Crippen LogP contribution in [0, 0.1) is 0 Å². The number of hydrogen-bond donors (Lipinski definition) is 1. The lowest BCUT2D eigenvalue weighted by atomic mass is 10.0. The van der Waals surface area contributed by atoms with Crippen LogP contribution in [0.3, 0.4) is 0 Å². The molecular formula is C13H17F2N. The number of hydrogen-bond acceptors (Lipinski definition) is 1. The average Bonchev–Trinajstić information content (AvgIpc) is 2.49. The number of benzene rings is 1. The fourth-order valence-corrected chi connectivity index (χ4v) is 2.31. The maximum Gasteiger partial charge on any atom is 0.250 e. The predicted octanol–water partition coefficient (Wildman–Crippen LogP) is 2.79. The molecule has 0 radical (unpaired) electrons. The summed E-state index contributed by atoms with van der Waals surface area (Å²) in [6, 6.07) is 8.62. The molecule has 1 aromatic carbocycles. The first-order valence-corrected chi connectivity index (χ1v) is 5.84. The van der Waals surface area contributed by atoms with Gasteiger partial charge in [0.2, 0.25) is 0 Å². The lowest BCUT2D eigenvalue weighted by Crippen LogP contribution is -2.33. The summed E-state index contributed by atoms with van der Waals surface area (Å²) in [5.74, 6) is 0. The molecule has 1 aromatic rings. The molecule has 0 aliphatic heterocycles. The van der Waals surface area contributed by atoms with Crippen LogP contribution in [0.4, 0.5) is 8.78 Å². The zero-order valence-corrected chi connectivity index (χ0v) is 9.26. The van der Waals surface area contributed by atoms with Crippen molar-refractivity contribution in [2.45, 2.75) is 38.2 Å². The second kappa shape index (κ2) is 5.39. The Bertz CT molecular complexity index is 311. The second-order valence-electron chi connectivity index (χ2n) is 4.34. The summed E-state index contributed by atoms with van der Waals surface area (Å²) in [5, 5.41) is 2.95. The molecular weight excluding hydrogens is 208 g/mol. The van der Waals surface area contributed by atoms with Crippen molar-refractivity contribution in [3.8, 4) is 0 Å². The van der Waals surface area contributed by atoms with Gasteiger partial charge in [-0.2, -0.15) is 0 Å². The first-order chi connectivity index (χ1) is 7.75. The Labute approximate surface area is 94.9 Å². The number of halogens is 2. The molecule has 0 fully saturated rings. The van der Waals surface area contributed by atoms with Gasteiger partial charge in [-0.15, -0.1) is 0 Å². The third kappa shape index (κ3) is 3.01. The summed E-state index contributed by atoms with van der Waals surface area (Å²) in [6.45, 7) is -0.180. The van der Waals surface area contributed by atoms with E-state index >= 15 is 0 Å². The van der Waals surface area contributed by atoms with Gasteiger partial charge in [0.1, 0.15) is 0 Å². The van der Waals surface area contributed by atoms with Crippen molar-refractivity contribution in [3.05, 3.63) is 35.4 Å². The van der Waals surface area contributed by atoms with E-state index in [9.17, 15) is 8.78 Å². The minimum Gasteiger partial charge on any atom is -0.309 e. The number of aryl methyl sites for hydroxylation is 2. The molecule has 1 aliphatic carbocycles. The van der Waals surface area contributed by atoms with Gasteiger partial charge in [0.25, 0.3) is 6.43 Å². The molecule has 0 amide bonds. The molecule has 0 unspecified atom stereocenters. The van der Waals surface area contributed by atoms with E-state index in [1.54, 1.807) is 0 Å². The zero-order chi connectivity index (χ0) is 11.4. The Balaban J connectivity index is 1.92. The lowest BCUT2D eigenvalue weighted by molar-refractivity contribution is 0.140. The topological polar surface area (TPSA) is 12.0 Å². The van der Waals surface area contributed by atoms with Crippen LogP contribution < -0.4 is 5.32 Å². The zero-order valence-electron chi connectivity index (χ0n) is 9.26. The Morgan fingerprint density at radius 2 is 1.69 bits per heavy atom.